The minimum absolute atomic E-state index is 0.0417. The highest BCUT2D eigenvalue weighted by atomic mass is 16.2. The molecule has 3 aromatic rings. The zero-order chi connectivity index (χ0) is 21.4. The van der Waals surface area contributed by atoms with Crippen molar-refractivity contribution in [1.29, 1.82) is 0 Å². The maximum atomic E-state index is 13.1. The Kier molecular flexibility index (Phi) is 5.12. The second kappa shape index (κ2) is 7.75. The highest BCUT2D eigenvalue weighted by Gasteiger charge is 2.33. The van der Waals surface area contributed by atoms with E-state index in [0.29, 0.717) is 16.5 Å². The summed E-state index contributed by atoms with van der Waals surface area (Å²) in [5, 5.41) is 1.59. The van der Waals surface area contributed by atoms with Crippen LogP contribution in [0, 0.1) is 12.8 Å². The molecular weight excluding hydrogens is 376 g/mol. The van der Waals surface area contributed by atoms with Gasteiger partial charge in [0.15, 0.2) is 0 Å². The SMILES string of the molecule is Cc1cccc(N(CCN2C(=O)c3cccc4cccc(c34)C2=O)C(=O)C(C)C)c1. The Morgan fingerprint density at radius 3 is 2.10 bits per heavy atom. The van der Waals surface area contributed by atoms with E-state index < -0.39 is 0 Å². The van der Waals surface area contributed by atoms with Gasteiger partial charge >= 0.3 is 0 Å². The smallest absolute Gasteiger partial charge is 0.261 e. The number of nitrogens with zero attached hydrogens (tertiary/aromatic N) is 2. The largest absolute Gasteiger partial charge is 0.310 e. The summed E-state index contributed by atoms with van der Waals surface area (Å²) < 4.78 is 0. The second-order valence-electron chi connectivity index (χ2n) is 7.95. The molecule has 5 heteroatoms. The van der Waals surface area contributed by atoms with Crippen molar-refractivity contribution in [2.24, 2.45) is 5.92 Å². The number of amides is 3. The van der Waals surface area contributed by atoms with E-state index in [0.717, 1.165) is 16.6 Å². The van der Waals surface area contributed by atoms with E-state index in [9.17, 15) is 14.4 Å². The van der Waals surface area contributed by atoms with Gasteiger partial charge in [0, 0.05) is 41.2 Å². The number of carbonyl (C=O) groups is 3. The van der Waals surface area contributed by atoms with Crippen LogP contribution in [-0.4, -0.2) is 35.7 Å². The Morgan fingerprint density at radius 1 is 0.933 bits per heavy atom. The van der Waals surface area contributed by atoms with Crippen LogP contribution < -0.4 is 4.90 Å². The number of carbonyl (C=O) groups excluding carboxylic acids is 3. The lowest BCUT2D eigenvalue weighted by molar-refractivity contribution is -0.121. The molecule has 3 aromatic carbocycles. The van der Waals surface area contributed by atoms with Crippen LogP contribution in [0.25, 0.3) is 10.8 Å². The molecule has 0 aromatic heterocycles. The lowest BCUT2D eigenvalue weighted by atomic mass is 9.94. The summed E-state index contributed by atoms with van der Waals surface area (Å²) in [7, 11) is 0. The van der Waals surface area contributed by atoms with Gasteiger partial charge in [0.2, 0.25) is 5.91 Å². The Balaban J connectivity index is 1.65. The van der Waals surface area contributed by atoms with Crippen molar-refractivity contribution < 1.29 is 14.4 Å². The predicted octanol–water partition coefficient (Wildman–Crippen LogP) is 4.43. The maximum absolute atomic E-state index is 13.1. The minimum atomic E-state index is -0.314. The molecule has 0 unspecified atom stereocenters. The van der Waals surface area contributed by atoms with Gasteiger partial charge in [-0.15, -0.1) is 0 Å². The summed E-state index contributed by atoms with van der Waals surface area (Å²) in [6, 6.07) is 18.7. The van der Waals surface area contributed by atoms with E-state index in [1.807, 2.05) is 69.3 Å². The fourth-order valence-corrected chi connectivity index (χ4v) is 3.96. The van der Waals surface area contributed by atoms with Crippen LogP contribution in [0.1, 0.15) is 40.1 Å². The first-order valence-electron chi connectivity index (χ1n) is 10.1. The van der Waals surface area contributed by atoms with Crippen LogP contribution in [0.2, 0.25) is 0 Å². The van der Waals surface area contributed by atoms with Crippen LogP contribution in [0.15, 0.2) is 60.7 Å². The van der Waals surface area contributed by atoms with Gasteiger partial charge in [-0.3, -0.25) is 19.3 Å². The molecule has 0 saturated heterocycles. The van der Waals surface area contributed by atoms with E-state index in [4.69, 9.17) is 0 Å². The number of rotatable bonds is 5. The summed E-state index contributed by atoms with van der Waals surface area (Å²) in [6.45, 7) is 6.04. The fraction of sp³-hybridized carbons (Fsp3) is 0.240. The van der Waals surface area contributed by atoms with E-state index in [1.165, 1.54) is 4.90 Å². The average molecular weight is 400 g/mol. The number of benzene rings is 3. The van der Waals surface area contributed by atoms with Crippen LogP contribution in [0.3, 0.4) is 0 Å². The molecular formula is C25H24N2O3. The molecule has 30 heavy (non-hydrogen) atoms. The molecule has 4 rings (SSSR count). The van der Waals surface area contributed by atoms with E-state index in [2.05, 4.69) is 0 Å². The number of hydrogen-bond donors (Lipinski definition) is 0. The molecule has 152 valence electrons. The van der Waals surface area contributed by atoms with Gasteiger partial charge in [0.1, 0.15) is 0 Å². The number of hydrogen-bond acceptors (Lipinski definition) is 3. The molecule has 5 nitrogen and oxygen atoms in total. The summed E-state index contributed by atoms with van der Waals surface area (Å²) in [5.74, 6) is -0.872. The van der Waals surface area contributed by atoms with Gasteiger partial charge in [-0.05, 0) is 42.1 Å². The molecule has 0 saturated carbocycles. The first kappa shape index (κ1) is 19.8. The molecule has 0 aliphatic carbocycles. The second-order valence-corrected chi connectivity index (χ2v) is 7.95. The summed E-state index contributed by atoms with van der Waals surface area (Å²) in [4.78, 5) is 42.0. The molecule has 0 N–H and O–H groups in total. The maximum Gasteiger partial charge on any atom is 0.261 e. The molecule has 1 heterocycles. The number of aryl methyl sites for hydroxylation is 1. The van der Waals surface area contributed by atoms with E-state index in [1.54, 1.807) is 17.0 Å². The van der Waals surface area contributed by atoms with Crippen molar-refractivity contribution in [2.45, 2.75) is 20.8 Å². The molecule has 0 spiro atoms. The predicted molar refractivity (Wildman–Crippen MR) is 118 cm³/mol. The first-order chi connectivity index (χ1) is 14.4. The minimum Gasteiger partial charge on any atom is -0.310 e. The van der Waals surface area contributed by atoms with Gasteiger partial charge in [0.25, 0.3) is 11.8 Å². The zero-order valence-electron chi connectivity index (χ0n) is 17.4. The van der Waals surface area contributed by atoms with E-state index in [-0.39, 0.29) is 36.7 Å². The van der Waals surface area contributed by atoms with E-state index >= 15 is 0 Å². The van der Waals surface area contributed by atoms with Crippen LogP contribution in [0.5, 0.6) is 0 Å². The molecule has 0 atom stereocenters. The van der Waals surface area contributed by atoms with Crippen LogP contribution >= 0.6 is 0 Å². The summed E-state index contributed by atoms with van der Waals surface area (Å²) in [6.07, 6.45) is 0. The van der Waals surface area contributed by atoms with Gasteiger partial charge in [-0.2, -0.15) is 0 Å². The lowest BCUT2D eigenvalue weighted by Crippen LogP contribution is -2.46. The average Bonchev–Trinajstić information content (AvgIpc) is 2.74. The van der Waals surface area contributed by atoms with Crippen molar-refractivity contribution in [2.75, 3.05) is 18.0 Å². The Hall–Kier alpha value is -3.47. The standard InChI is InChI=1S/C25H24N2O3/c1-16(2)23(28)26(19-10-4-7-17(3)15-19)13-14-27-24(29)20-11-5-8-18-9-6-12-21(22(18)20)25(27)30/h4-12,15-16H,13-14H2,1-3H3. The quantitative estimate of drug-likeness (QED) is 0.595. The normalized spacial score (nSPS) is 13.3. The topological polar surface area (TPSA) is 57.7 Å². The Bertz CT molecular complexity index is 1120. The van der Waals surface area contributed by atoms with Crippen molar-refractivity contribution in [3.05, 3.63) is 77.4 Å². The summed E-state index contributed by atoms with van der Waals surface area (Å²) in [5.41, 5.74) is 2.87. The highest BCUT2D eigenvalue weighted by Crippen LogP contribution is 2.30. The van der Waals surface area contributed by atoms with Gasteiger partial charge < -0.3 is 4.90 Å². The van der Waals surface area contributed by atoms with Gasteiger partial charge in [-0.1, -0.05) is 50.2 Å². The third-order valence-corrected chi connectivity index (χ3v) is 5.48. The third-order valence-electron chi connectivity index (χ3n) is 5.48. The third kappa shape index (κ3) is 3.36. The van der Waals surface area contributed by atoms with Crippen molar-refractivity contribution in [3.8, 4) is 0 Å². The molecule has 0 radical (unpaired) electrons. The number of imide groups is 1. The molecule has 1 aliphatic heterocycles. The molecule has 0 fully saturated rings. The Labute approximate surface area is 175 Å². The van der Waals surface area contributed by atoms with Gasteiger partial charge in [0.05, 0.1) is 0 Å². The molecule has 3 amide bonds. The molecule has 0 bridgehead atoms. The van der Waals surface area contributed by atoms with Crippen LogP contribution in [-0.2, 0) is 4.79 Å². The van der Waals surface area contributed by atoms with Crippen molar-refractivity contribution in [3.63, 3.8) is 0 Å². The van der Waals surface area contributed by atoms with Gasteiger partial charge in [-0.25, -0.2) is 0 Å². The molecule has 1 aliphatic rings. The summed E-state index contributed by atoms with van der Waals surface area (Å²) >= 11 is 0. The fourth-order valence-electron chi connectivity index (χ4n) is 3.96. The zero-order valence-corrected chi connectivity index (χ0v) is 17.4. The highest BCUT2D eigenvalue weighted by molar-refractivity contribution is 6.25. The van der Waals surface area contributed by atoms with Crippen LogP contribution in [0.4, 0.5) is 5.69 Å². The van der Waals surface area contributed by atoms with Crippen molar-refractivity contribution >= 4 is 34.2 Å². The van der Waals surface area contributed by atoms with Crippen molar-refractivity contribution in [1.82, 2.24) is 4.90 Å². The number of anilines is 1. The monoisotopic (exact) mass is 400 g/mol. The Morgan fingerprint density at radius 2 is 1.53 bits per heavy atom. The lowest BCUT2D eigenvalue weighted by Gasteiger charge is -2.31. The first-order valence-corrected chi connectivity index (χ1v) is 10.1.